The number of ether oxygens (including phenoxy) is 2. The van der Waals surface area contributed by atoms with Crippen molar-refractivity contribution in [3.8, 4) is 0 Å². The molecule has 0 aliphatic carbocycles. The molecule has 3 atom stereocenters. The van der Waals surface area contributed by atoms with Crippen LogP contribution in [0.4, 0.5) is 4.79 Å². The van der Waals surface area contributed by atoms with Gasteiger partial charge in [-0.15, -0.1) is 0 Å². The van der Waals surface area contributed by atoms with E-state index in [2.05, 4.69) is 10.6 Å². The van der Waals surface area contributed by atoms with Gasteiger partial charge in [-0.25, -0.2) is 9.59 Å². The molecule has 1 heterocycles. The zero-order chi connectivity index (χ0) is 13.8. The first kappa shape index (κ1) is 14.7. The number of urea groups is 1. The van der Waals surface area contributed by atoms with Crippen LogP contribution in [0.25, 0.3) is 0 Å². The van der Waals surface area contributed by atoms with E-state index in [1.165, 1.54) is 7.11 Å². The molecule has 18 heavy (non-hydrogen) atoms. The van der Waals surface area contributed by atoms with Crippen molar-refractivity contribution in [2.75, 3.05) is 20.3 Å². The summed E-state index contributed by atoms with van der Waals surface area (Å²) in [5, 5.41) is 14.0. The molecule has 0 saturated carbocycles. The van der Waals surface area contributed by atoms with Gasteiger partial charge in [0.15, 0.2) is 6.04 Å². The number of carboxylic acid groups (broad SMARTS) is 1. The van der Waals surface area contributed by atoms with E-state index in [1.807, 2.05) is 13.8 Å². The maximum atomic E-state index is 11.7. The van der Waals surface area contributed by atoms with Gasteiger partial charge in [-0.05, 0) is 20.3 Å². The summed E-state index contributed by atoms with van der Waals surface area (Å²) in [4.78, 5) is 22.6. The van der Waals surface area contributed by atoms with E-state index in [0.717, 1.165) is 0 Å². The molecule has 0 aromatic rings. The molecule has 0 spiro atoms. The molecule has 104 valence electrons. The van der Waals surface area contributed by atoms with Crippen LogP contribution >= 0.6 is 0 Å². The van der Waals surface area contributed by atoms with Crippen LogP contribution in [-0.2, 0) is 14.3 Å². The number of carbonyl (C=O) groups excluding carboxylic acids is 1. The van der Waals surface area contributed by atoms with E-state index < -0.39 is 23.6 Å². The van der Waals surface area contributed by atoms with Crippen LogP contribution in [0.5, 0.6) is 0 Å². The Hall–Kier alpha value is -1.34. The third-order valence-corrected chi connectivity index (χ3v) is 3.22. The molecule has 0 bridgehead atoms. The number of aliphatic carboxylic acids is 1. The summed E-state index contributed by atoms with van der Waals surface area (Å²) in [5.74, 6) is -1.13. The normalized spacial score (nSPS) is 28.7. The molecule has 7 heteroatoms. The quantitative estimate of drug-likeness (QED) is 0.644. The van der Waals surface area contributed by atoms with Gasteiger partial charge in [0.1, 0.15) is 0 Å². The number of carbonyl (C=O) groups is 2. The van der Waals surface area contributed by atoms with Crippen molar-refractivity contribution < 1.29 is 24.2 Å². The Kier molecular flexibility index (Phi) is 4.92. The first-order valence-electron chi connectivity index (χ1n) is 5.81. The average molecular weight is 260 g/mol. The number of nitrogens with one attached hydrogen (secondary N) is 2. The second-order valence-corrected chi connectivity index (χ2v) is 4.63. The lowest BCUT2D eigenvalue weighted by Gasteiger charge is -2.29. The van der Waals surface area contributed by atoms with E-state index >= 15 is 0 Å². The van der Waals surface area contributed by atoms with Gasteiger partial charge in [0.2, 0.25) is 0 Å². The van der Waals surface area contributed by atoms with Gasteiger partial charge in [0, 0.05) is 13.7 Å². The molecular formula is C11H20N2O5. The summed E-state index contributed by atoms with van der Waals surface area (Å²) < 4.78 is 10.1. The molecule has 3 unspecified atom stereocenters. The SMILES string of the molecule is COCC(NC(=O)NC1(C)CCOC1C)C(=O)O. The minimum Gasteiger partial charge on any atom is -0.480 e. The van der Waals surface area contributed by atoms with Crippen LogP contribution in [0.15, 0.2) is 0 Å². The van der Waals surface area contributed by atoms with E-state index in [-0.39, 0.29) is 12.7 Å². The lowest BCUT2D eigenvalue weighted by Crippen LogP contribution is -2.57. The molecule has 7 nitrogen and oxygen atoms in total. The molecule has 0 aromatic heterocycles. The number of amides is 2. The Balaban J connectivity index is 2.52. The molecule has 3 N–H and O–H groups in total. The minimum atomic E-state index is -1.13. The Labute approximate surface area is 106 Å². The Morgan fingerprint density at radius 3 is 2.72 bits per heavy atom. The van der Waals surface area contributed by atoms with Crippen molar-refractivity contribution in [1.29, 1.82) is 0 Å². The first-order chi connectivity index (χ1) is 8.39. The van der Waals surface area contributed by atoms with Gasteiger partial charge in [-0.3, -0.25) is 0 Å². The number of rotatable bonds is 5. The molecule has 0 radical (unpaired) electrons. The topological polar surface area (TPSA) is 96.9 Å². The summed E-state index contributed by atoms with van der Waals surface area (Å²) in [6.45, 7) is 4.25. The predicted octanol–water partition coefficient (Wildman–Crippen LogP) is -0.0473. The van der Waals surface area contributed by atoms with Crippen LogP contribution in [-0.4, -0.2) is 55.1 Å². The summed E-state index contributed by atoms with van der Waals surface area (Å²) >= 11 is 0. The Morgan fingerprint density at radius 2 is 2.28 bits per heavy atom. The smallest absolute Gasteiger partial charge is 0.328 e. The van der Waals surface area contributed by atoms with Crippen LogP contribution in [0.2, 0.25) is 0 Å². The second-order valence-electron chi connectivity index (χ2n) is 4.63. The van der Waals surface area contributed by atoms with Crippen molar-refractivity contribution in [3.63, 3.8) is 0 Å². The third kappa shape index (κ3) is 3.58. The van der Waals surface area contributed by atoms with Crippen molar-refractivity contribution in [2.45, 2.75) is 38.0 Å². The fourth-order valence-corrected chi connectivity index (χ4v) is 1.79. The molecule has 2 amide bonds. The first-order valence-corrected chi connectivity index (χ1v) is 5.81. The lowest BCUT2D eigenvalue weighted by atomic mass is 9.95. The number of methoxy groups -OCH3 is 1. The molecular weight excluding hydrogens is 240 g/mol. The van der Waals surface area contributed by atoms with Gasteiger partial charge in [-0.2, -0.15) is 0 Å². The highest BCUT2D eigenvalue weighted by molar-refractivity contribution is 5.83. The van der Waals surface area contributed by atoms with Gasteiger partial charge in [0.25, 0.3) is 0 Å². The number of carboxylic acids is 1. The standard InChI is InChI=1S/C11H20N2O5/c1-7-11(2,4-5-18-7)13-10(16)12-8(6-17-3)9(14)15/h7-8H,4-6H2,1-3H3,(H,14,15)(H2,12,13,16). The molecule has 1 aliphatic heterocycles. The number of hydrogen-bond donors (Lipinski definition) is 3. The van der Waals surface area contributed by atoms with Crippen molar-refractivity contribution in [2.24, 2.45) is 0 Å². The fraction of sp³-hybridized carbons (Fsp3) is 0.818. The van der Waals surface area contributed by atoms with Crippen molar-refractivity contribution in [1.82, 2.24) is 10.6 Å². The van der Waals surface area contributed by atoms with E-state index in [9.17, 15) is 9.59 Å². The predicted molar refractivity (Wildman–Crippen MR) is 63.4 cm³/mol. The maximum absolute atomic E-state index is 11.7. The summed E-state index contributed by atoms with van der Waals surface area (Å²) in [6, 6.07) is -1.59. The van der Waals surface area contributed by atoms with Crippen LogP contribution in [0.1, 0.15) is 20.3 Å². The minimum absolute atomic E-state index is 0.0779. The maximum Gasteiger partial charge on any atom is 0.328 e. The Bertz CT molecular complexity index is 323. The van der Waals surface area contributed by atoms with E-state index in [1.54, 1.807) is 0 Å². The zero-order valence-electron chi connectivity index (χ0n) is 10.9. The van der Waals surface area contributed by atoms with Crippen LogP contribution in [0, 0.1) is 0 Å². The number of hydrogen-bond acceptors (Lipinski definition) is 4. The second kappa shape index (κ2) is 6.01. The monoisotopic (exact) mass is 260 g/mol. The highest BCUT2D eigenvalue weighted by Gasteiger charge is 2.38. The molecule has 1 aliphatic rings. The van der Waals surface area contributed by atoms with Gasteiger partial charge in [0.05, 0.1) is 18.2 Å². The summed E-state index contributed by atoms with van der Waals surface area (Å²) in [7, 11) is 1.38. The fourth-order valence-electron chi connectivity index (χ4n) is 1.79. The molecule has 1 rings (SSSR count). The zero-order valence-corrected chi connectivity index (χ0v) is 10.9. The Morgan fingerprint density at radius 1 is 1.61 bits per heavy atom. The molecule has 1 fully saturated rings. The highest BCUT2D eigenvalue weighted by atomic mass is 16.5. The van der Waals surface area contributed by atoms with Gasteiger partial charge >= 0.3 is 12.0 Å². The molecule has 1 saturated heterocycles. The van der Waals surface area contributed by atoms with E-state index in [0.29, 0.717) is 13.0 Å². The van der Waals surface area contributed by atoms with E-state index in [4.69, 9.17) is 14.6 Å². The molecule has 0 aromatic carbocycles. The lowest BCUT2D eigenvalue weighted by molar-refractivity contribution is -0.140. The largest absolute Gasteiger partial charge is 0.480 e. The van der Waals surface area contributed by atoms with Crippen LogP contribution in [0.3, 0.4) is 0 Å². The van der Waals surface area contributed by atoms with Gasteiger partial charge < -0.3 is 25.2 Å². The van der Waals surface area contributed by atoms with Crippen molar-refractivity contribution in [3.05, 3.63) is 0 Å². The van der Waals surface area contributed by atoms with Crippen molar-refractivity contribution >= 4 is 12.0 Å². The summed E-state index contributed by atoms with van der Waals surface area (Å²) in [6.07, 6.45) is 0.595. The average Bonchev–Trinajstić information content (AvgIpc) is 2.58. The third-order valence-electron chi connectivity index (χ3n) is 3.22. The van der Waals surface area contributed by atoms with Gasteiger partial charge in [-0.1, -0.05) is 0 Å². The summed E-state index contributed by atoms with van der Waals surface area (Å²) in [5.41, 5.74) is -0.472. The van der Waals surface area contributed by atoms with Crippen LogP contribution < -0.4 is 10.6 Å². The highest BCUT2D eigenvalue weighted by Crippen LogP contribution is 2.24.